The van der Waals surface area contributed by atoms with Crippen molar-refractivity contribution in [2.24, 2.45) is 5.73 Å². The molecule has 1 aromatic heterocycles. The lowest BCUT2D eigenvalue weighted by molar-refractivity contribution is -0.120. The van der Waals surface area contributed by atoms with E-state index >= 15 is 0 Å². The molecule has 0 fully saturated rings. The molecule has 3 rings (SSSR count). The first-order valence-corrected chi connectivity index (χ1v) is 5.63. The Morgan fingerprint density at radius 3 is 3.06 bits per heavy atom. The Hall–Kier alpha value is -2.28. The summed E-state index contributed by atoms with van der Waals surface area (Å²) in [6, 6.07) is 7.20. The molecule has 1 amide bonds. The van der Waals surface area contributed by atoms with Crippen LogP contribution in [-0.2, 0) is 17.8 Å². The maximum absolute atomic E-state index is 12.1. The van der Waals surface area contributed by atoms with Crippen LogP contribution in [0.25, 0.3) is 0 Å². The molecule has 1 atom stereocenters. The Kier molecular flexibility index (Phi) is 2.52. The van der Waals surface area contributed by atoms with E-state index in [9.17, 15) is 4.79 Å². The van der Waals surface area contributed by atoms with E-state index in [2.05, 4.69) is 20.6 Å². The number of benzene rings is 1. The van der Waals surface area contributed by atoms with Crippen LogP contribution in [0, 0.1) is 0 Å². The van der Waals surface area contributed by atoms with Crippen molar-refractivity contribution in [1.29, 1.82) is 0 Å². The van der Waals surface area contributed by atoms with Gasteiger partial charge in [0.15, 0.2) is 5.82 Å². The van der Waals surface area contributed by atoms with Crippen LogP contribution >= 0.6 is 0 Å². The van der Waals surface area contributed by atoms with E-state index in [0.29, 0.717) is 12.2 Å². The van der Waals surface area contributed by atoms with Gasteiger partial charge >= 0.3 is 0 Å². The van der Waals surface area contributed by atoms with Crippen molar-refractivity contribution in [2.45, 2.75) is 19.0 Å². The number of carbonyl (C=O) groups is 1. The minimum absolute atomic E-state index is 0.112. The molecule has 2 aromatic rings. The van der Waals surface area contributed by atoms with Crippen molar-refractivity contribution < 1.29 is 4.79 Å². The second kappa shape index (κ2) is 4.19. The summed E-state index contributed by atoms with van der Waals surface area (Å²) in [6.45, 7) is 0.278. The zero-order chi connectivity index (χ0) is 12.5. The molecule has 0 radical (unpaired) electrons. The Balaban J connectivity index is 1.98. The fraction of sp³-hybridized carbons (Fsp3) is 0.273. The number of hydrogen-bond acceptors (Lipinski definition) is 5. The normalized spacial score (nSPS) is 18.8. The number of para-hydroxylation sites is 1. The van der Waals surface area contributed by atoms with Crippen LogP contribution in [0.5, 0.6) is 0 Å². The molecule has 1 aliphatic heterocycles. The maximum Gasteiger partial charge on any atom is 0.244 e. The number of nitrogens with zero attached hydrogens (tertiary/aromatic N) is 4. The second-order valence-electron chi connectivity index (χ2n) is 4.19. The smallest absolute Gasteiger partial charge is 0.244 e. The Labute approximate surface area is 103 Å². The number of nitrogens with one attached hydrogen (secondary N) is 1. The standard InChI is InChI=1S/C11H12N6O/c12-8-5-7-3-1-2-4-9(7)17(11(8)18)6-10-13-15-16-14-10/h1-4,8H,5-6,12H2,(H,13,14,15,16). The molecule has 2 heterocycles. The Morgan fingerprint density at radius 2 is 2.28 bits per heavy atom. The van der Waals surface area contributed by atoms with Gasteiger partial charge in [0.05, 0.1) is 12.6 Å². The molecule has 1 aromatic carbocycles. The quantitative estimate of drug-likeness (QED) is 0.749. The number of carbonyl (C=O) groups excluding carboxylic acids is 1. The maximum atomic E-state index is 12.1. The summed E-state index contributed by atoms with van der Waals surface area (Å²) in [4.78, 5) is 13.7. The van der Waals surface area contributed by atoms with E-state index in [4.69, 9.17) is 5.73 Å². The first kappa shape index (κ1) is 10.8. The zero-order valence-corrected chi connectivity index (χ0v) is 9.58. The minimum atomic E-state index is -0.508. The van der Waals surface area contributed by atoms with E-state index in [1.54, 1.807) is 4.90 Å². The summed E-state index contributed by atoms with van der Waals surface area (Å²) in [7, 11) is 0. The summed E-state index contributed by atoms with van der Waals surface area (Å²) in [5, 5.41) is 13.6. The fourth-order valence-electron chi connectivity index (χ4n) is 2.14. The molecule has 3 N–H and O–H groups in total. The number of aromatic nitrogens is 4. The summed E-state index contributed by atoms with van der Waals surface area (Å²) in [5.41, 5.74) is 7.79. The molecule has 7 heteroatoms. The van der Waals surface area contributed by atoms with Crippen molar-refractivity contribution in [3.05, 3.63) is 35.7 Å². The van der Waals surface area contributed by atoms with E-state index in [-0.39, 0.29) is 12.5 Å². The van der Waals surface area contributed by atoms with Crippen molar-refractivity contribution >= 4 is 11.6 Å². The number of anilines is 1. The van der Waals surface area contributed by atoms with Gasteiger partial charge in [-0.05, 0) is 18.1 Å². The van der Waals surface area contributed by atoms with Crippen LogP contribution in [0.2, 0.25) is 0 Å². The highest BCUT2D eigenvalue weighted by Crippen LogP contribution is 2.27. The number of nitrogens with two attached hydrogens (primary N) is 1. The third kappa shape index (κ3) is 1.74. The lowest BCUT2D eigenvalue weighted by Crippen LogP contribution is -2.48. The second-order valence-corrected chi connectivity index (χ2v) is 4.19. The van der Waals surface area contributed by atoms with Crippen molar-refractivity contribution in [3.8, 4) is 0 Å². The van der Waals surface area contributed by atoms with Gasteiger partial charge in [-0.25, -0.2) is 0 Å². The summed E-state index contributed by atoms with van der Waals surface area (Å²) in [5.74, 6) is 0.353. The molecule has 92 valence electrons. The van der Waals surface area contributed by atoms with Crippen molar-refractivity contribution in [2.75, 3.05) is 4.90 Å². The predicted octanol–water partition coefficient (Wildman–Crippen LogP) is -0.384. The summed E-state index contributed by atoms with van der Waals surface area (Å²) >= 11 is 0. The number of amides is 1. The monoisotopic (exact) mass is 244 g/mol. The molecule has 7 nitrogen and oxygen atoms in total. The fourth-order valence-corrected chi connectivity index (χ4v) is 2.14. The average molecular weight is 244 g/mol. The first-order chi connectivity index (χ1) is 8.75. The van der Waals surface area contributed by atoms with Gasteiger partial charge in [0.1, 0.15) is 0 Å². The SMILES string of the molecule is NC1Cc2ccccc2N(Cc2nn[nH]n2)C1=O. The van der Waals surface area contributed by atoms with Gasteiger partial charge in [-0.2, -0.15) is 5.21 Å². The summed E-state index contributed by atoms with van der Waals surface area (Å²) < 4.78 is 0. The van der Waals surface area contributed by atoms with Gasteiger partial charge in [-0.15, -0.1) is 10.2 Å². The third-order valence-electron chi connectivity index (χ3n) is 2.99. The van der Waals surface area contributed by atoms with Crippen LogP contribution in [0.1, 0.15) is 11.4 Å². The van der Waals surface area contributed by atoms with Crippen LogP contribution < -0.4 is 10.6 Å². The van der Waals surface area contributed by atoms with Gasteiger partial charge in [0.2, 0.25) is 5.91 Å². The lowest BCUT2D eigenvalue weighted by Gasteiger charge is -2.31. The molecule has 0 saturated heterocycles. The number of H-pyrrole nitrogens is 1. The molecule has 0 aliphatic carbocycles. The lowest BCUT2D eigenvalue weighted by atomic mass is 9.98. The highest BCUT2D eigenvalue weighted by Gasteiger charge is 2.30. The number of aromatic amines is 1. The van der Waals surface area contributed by atoms with Crippen LogP contribution in [0.3, 0.4) is 0 Å². The van der Waals surface area contributed by atoms with Crippen LogP contribution in [0.15, 0.2) is 24.3 Å². The Bertz CT molecular complexity index is 567. The highest BCUT2D eigenvalue weighted by atomic mass is 16.2. The molecule has 0 spiro atoms. The van der Waals surface area contributed by atoms with Gasteiger partial charge in [-0.3, -0.25) is 4.79 Å². The summed E-state index contributed by atoms with van der Waals surface area (Å²) in [6.07, 6.45) is 0.567. The molecule has 1 unspecified atom stereocenters. The molecule has 1 aliphatic rings. The predicted molar refractivity (Wildman–Crippen MR) is 63.5 cm³/mol. The molecular weight excluding hydrogens is 232 g/mol. The molecule has 0 saturated carbocycles. The van der Waals surface area contributed by atoms with E-state index < -0.39 is 6.04 Å². The third-order valence-corrected chi connectivity index (χ3v) is 2.99. The molecular formula is C11H12N6O. The minimum Gasteiger partial charge on any atom is -0.320 e. The number of rotatable bonds is 2. The average Bonchev–Trinajstić information content (AvgIpc) is 2.88. The van der Waals surface area contributed by atoms with Crippen LogP contribution in [-0.4, -0.2) is 32.6 Å². The van der Waals surface area contributed by atoms with Gasteiger partial charge in [0.25, 0.3) is 0 Å². The van der Waals surface area contributed by atoms with Crippen molar-refractivity contribution in [1.82, 2.24) is 20.6 Å². The first-order valence-electron chi connectivity index (χ1n) is 5.63. The number of hydrogen-bond donors (Lipinski definition) is 2. The topological polar surface area (TPSA) is 101 Å². The zero-order valence-electron chi connectivity index (χ0n) is 9.58. The van der Waals surface area contributed by atoms with Crippen molar-refractivity contribution in [3.63, 3.8) is 0 Å². The number of tetrazole rings is 1. The van der Waals surface area contributed by atoms with Gasteiger partial charge < -0.3 is 10.6 Å². The molecule has 18 heavy (non-hydrogen) atoms. The number of fused-ring (bicyclic) bond motifs is 1. The van der Waals surface area contributed by atoms with E-state index in [1.165, 1.54) is 0 Å². The van der Waals surface area contributed by atoms with E-state index in [1.807, 2.05) is 24.3 Å². The van der Waals surface area contributed by atoms with Gasteiger partial charge in [-0.1, -0.05) is 23.4 Å². The van der Waals surface area contributed by atoms with Gasteiger partial charge in [0, 0.05) is 5.69 Å². The Morgan fingerprint density at radius 1 is 1.44 bits per heavy atom. The molecule has 0 bridgehead atoms. The largest absolute Gasteiger partial charge is 0.320 e. The van der Waals surface area contributed by atoms with Crippen LogP contribution in [0.4, 0.5) is 5.69 Å². The van der Waals surface area contributed by atoms with E-state index in [0.717, 1.165) is 11.3 Å². The highest BCUT2D eigenvalue weighted by molar-refractivity contribution is 5.99.